The number of amides is 8. The first-order valence-corrected chi connectivity index (χ1v) is 22.3. The van der Waals surface area contributed by atoms with Crippen LogP contribution in [0.4, 0.5) is 14.4 Å². The van der Waals surface area contributed by atoms with Crippen LogP contribution in [0.5, 0.6) is 0 Å². The van der Waals surface area contributed by atoms with E-state index in [4.69, 9.17) is 9.47 Å². The van der Waals surface area contributed by atoms with Crippen LogP contribution in [0.3, 0.4) is 0 Å². The Morgan fingerprint density at radius 1 is 0.641 bits per heavy atom. The molecule has 17 heteroatoms. The Morgan fingerprint density at radius 2 is 1.11 bits per heavy atom. The van der Waals surface area contributed by atoms with Gasteiger partial charge in [0.1, 0.15) is 35.4 Å². The van der Waals surface area contributed by atoms with Crippen molar-refractivity contribution in [1.29, 1.82) is 0 Å². The number of carbonyl (C=O) groups excluding carboxylic acids is 7. The van der Waals surface area contributed by atoms with Crippen LogP contribution in [0, 0.1) is 5.92 Å². The van der Waals surface area contributed by atoms with E-state index in [-0.39, 0.29) is 49.6 Å². The Hall–Kier alpha value is -5.87. The van der Waals surface area contributed by atoms with Crippen molar-refractivity contribution in [1.82, 2.24) is 42.1 Å². The predicted octanol–water partition coefficient (Wildman–Crippen LogP) is 4.48. The second-order valence-corrected chi connectivity index (χ2v) is 18.6. The lowest BCUT2D eigenvalue weighted by atomic mass is 9.99. The summed E-state index contributed by atoms with van der Waals surface area (Å²) in [5.41, 5.74) is 0.0247. The highest BCUT2D eigenvalue weighted by Crippen LogP contribution is 2.16. The van der Waals surface area contributed by atoms with Gasteiger partial charge in [-0.2, -0.15) is 0 Å². The van der Waals surface area contributed by atoms with Gasteiger partial charge in [-0.15, -0.1) is 0 Å². The van der Waals surface area contributed by atoms with Crippen LogP contribution in [-0.2, 0) is 41.5 Å². The third-order valence-electron chi connectivity index (χ3n) is 10.1. The van der Waals surface area contributed by atoms with Gasteiger partial charge < -0.3 is 51.6 Å². The van der Waals surface area contributed by atoms with Crippen molar-refractivity contribution in [2.75, 3.05) is 26.7 Å². The minimum atomic E-state index is -1.17. The third-order valence-corrected chi connectivity index (χ3v) is 10.1. The average Bonchev–Trinajstić information content (AvgIpc) is 3.21. The van der Waals surface area contributed by atoms with Crippen molar-refractivity contribution in [2.45, 2.75) is 148 Å². The number of nitrogens with zero attached hydrogens (tertiary/aromatic N) is 1. The first-order chi connectivity index (χ1) is 30.1. The van der Waals surface area contributed by atoms with Crippen LogP contribution in [-0.4, -0.2) is 115 Å². The molecule has 1 heterocycles. The molecule has 0 unspecified atom stereocenters. The molecule has 1 aliphatic rings. The van der Waals surface area contributed by atoms with Crippen molar-refractivity contribution in [2.24, 2.45) is 5.92 Å². The van der Waals surface area contributed by atoms with Crippen LogP contribution in [0.2, 0.25) is 0 Å². The molecule has 0 aliphatic carbocycles. The van der Waals surface area contributed by atoms with E-state index in [9.17, 15) is 33.6 Å². The highest BCUT2D eigenvalue weighted by molar-refractivity contribution is 5.95. The molecule has 3 rings (SSSR count). The molecule has 0 radical (unpaired) electrons. The molecule has 0 bridgehead atoms. The molecular weight excluding hydrogens is 821 g/mol. The second-order valence-electron chi connectivity index (χ2n) is 18.6. The van der Waals surface area contributed by atoms with Crippen LogP contribution >= 0.6 is 0 Å². The molecule has 2 aromatic carbocycles. The first-order valence-electron chi connectivity index (χ1n) is 22.3. The number of carbonyl (C=O) groups is 7. The standard InChI is InChI=1S/C47H72N8O9/c1-31(2)28-36(39(56)51-35(22-16-17-25-49-44(61)63-46(3,4)5)42(59)55-26-23-34(24-27-55)50-43(60)48-9)52-40(57)37(29-32-18-12-10-13-19-32)53-41(58)38(30-33-20-14-11-15-21-33)54-45(62)64-47(6,7)8/h10-15,18-21,31,34-38H,16-17,22-30H2,1-9H3,(H,49,61)(H,51,56)(H,52,57)(H,53,58)(H,54,62)(H2,48,50,60)/t35-,36-,37-,38-/m1/s1. The van der Waals surface area contributed by atoms with E-state index in [0.717, 1.165) is 11.1 Å². The first kappa shape index (κ1) is 52.5. The summed E-state index contributed by atoms with van der Waals surface area (Å²) >= 11 is 0. The maximum absolute atomic E-state index is 14.4. The van der Waals surface area contributed by atoms with Crippen molar-refractivity contribution >= 4 is 41.8 Å². The number of unbranched alkanes of at least 4 members (excludes halogenated alkanes) is 1. The molecular formula is C47H72N8O9. The molecule has 1 saturated heterocycles. The number of likely N-dealkylation sites (tertiary alicyclic amines) is 1. The monoisotopic (exact) mass is 893 g/mol. The number of hydrogen-bond donors (Lipinski definition) is 7. The maximum atomic E-state index is 14.4. The summed E-state index contributed by atoms with van der Waals surface area (Å²) in [7, 11) is 1.54. The van der Waals surface area contributed by atoms with Gasteiger partial charge >= 0.3 is 18.2 Å². The summed E-state index contributed by atoms with van der Waals surface area (Å²) in [6.45, 7) is 15.3. The number of alkyl carbamates (subject to hydrolysis) is 2. The fourth-order valence-electron chi connectivity index (χ4n) is 7.05. The topological polar surface area (TPSA) is 225 Å². The Bertz CT molecular complexity index is 1820. The molecule has 0 saturated carbocycles. The van der Waals surface area contributed by atoms with Gasteiger partial charge in [-0.05, 0) is 97.1 Å². The largest absolute Gasteiger partial charge is 0.444 e. The lowest BCUT2D eigenvalue weighted by Crippen LogP contribution is -2.59. The van der Waals surface area contributed by atoms with E-state index in [1.807, 2.05) is 74.5 Å². The number of rotatable bonds is 20. The van der Waals surface area contributed by atoms with Crippen molar-refractivity contribution in [3.8, 4) is 0 Å². The van der Waals surface area contributed by atoms with Gasteiger partial charge in [0.2, 0.25) is 23.6 Å². The highest BCUT2D eigenvalue weighted by atomic mass is 16.6. The lowest BCUT2D eigenvalue weighted by molar-refractivity contribution is -0.138. The van der Waals surface area contributed by atoms with Crippen molar-refractivity contribution in [3.05, 3.63) is 71.8 Å². The van der Waals surface area contributed by atoms with Crippen LogP contribution < -0.4 is 37.2 Å². The van der Waals surface area contributed by atoms with Crippen LogP contribution in [0.15, 0.2) is 60.7 Å². The zero-order valence-electron chi connectivity index (χ0n) is 39.1. The molecule has 64 heavy (non-hydrogen) atoms. The molecule has 354 valence electrons. The Morgan fingerprint density at radius 3 is 1.61 bits per heavy atom. The van der Waals surface area contributed by atoms with Crippen molar-refractivity contribution < 1.29 is 43.0 Å². The van der Waals surface area contributed by atoms with Gasteiger partial charge in [-0.25, -0.2) is 14.4 Å². The smallest absolute Gasteiger partial charge is 0.408 e. The molecule has 8 amide bonds. The minimum absolute atomic E-state index is 0.0635. The van der Waals surface area contributed by atoms with Crippen LogP contribution in [0.25, 0.3) is 0 Å². The zero-order chi connectivity index (χ0) is 47.5. The van der Waals surface area contributed by atoms with Gasteiger partial charge in [0.05, 0.1) is 0 Å². The third kappa shape index (κ3) is 20.1. The van der Waals surface area contributed by atoms with Gasteiger partial charge in [0.15, 0.2) is 0 Å². The molecule has 7 N–H and O–H groups in total. The quantitative estimate of drug-likeness (QED) is 0.0930. The zero-order valence-corrected chi connectivity index (χ0v) is 39.1. The van der Waals surface area contributed by atoms with Gasteiger partial charge in [0, 0.05) is 45.6 Å². The molecule has 1 aliphatic heterocycles. The van der Waals surface area contributed by atoms with Crippen LogP contribution in [0.1, 0.15) is 105 Å². The molecule has 17 nitrogen and oxygen atoms in total. The summed E-state index contributed by atoms with van der Waals surface area (Å²) in [5, 5.41) is 19.5. The fraction of sp³-hybridized carbons (Fsp3) is 0.596. The molecule has 2 aromatic rings. The Balaban J connectivity index is 1.85. The molecule has 0 aromatic heterocycles. The fourth-order valence-corrected chi connectivity index (χ4v) is 7.05. The predicted molar refractivity (Wildman–Crippen MR) is 244 cm³/mol. The van der Waals surface area contributed by atoms with Crippen molar-refractivity contribution in [3.63, 3.8) is 0 Å². The van der Waals surface area contributed by atoms with E-state index in [2.05, 4.69) is 37.2 Å². The molecule has 4 atom stereocenters. The normalized spacial score (nSPS) is 15.1. The van der Waals surface area contributed by atoms with E-state index >= 15 is 0 Å². The second kappa shape index (κ2) is 25.4. The van der Waals surface area contributed by atoms with Gasteiger partial charge in [-0.1, -0.05) is 74.5 Å². The summed E-state index contributed by atoms with van der Waals surface area (Å²) in [5.74, 6) is -2.18. The Labute approximate surface area is 378 Å². The summed E-state index contributed by atoms with van der Waals surface area (Å²) in [6.07, 6.45) is 1.32. The number of piperidine rings is 1. The van der Waals surface area contributed by atoms with Gasteiger partial charge in [-0.3, -0.25) is 19.2 Å². The number of urea groups is 1. The number of ether oxygens (including phenoxy) is 2. The van der Waals surface area contributed by atoms with E-state index < -0.39 is 65.3 Å². The summed E-state index contributed by atoms with van der Waals surface area (Å²) in [4.78, 5) is 95.7. The maximum Gasteiger partial charge on any atom is 0.408 e. The molecule has 0 spiro atoms. The lowest BCUT2D eigenvalue weighted by Gasteiger charge is -2.35. The van der Waals surface area contributed by atoms with E-state index in [1.54, 1.807) is 46.4 Å². The van der Waals surface area contributed by atoms with E-state index in [1.165, 1.54) is 7.05 Å². The number of hydrogen-bond acceptors (Lipinski definition) is 9. The molecule has 1 fully saturated rings. The Kier molecular flexibility index (Phi) is 20.9. The average molecular weight is 893 g/mol. The van der Waals surface area contributed by atoms with E-state index in [0.29, 0.717) is 45.3 Å². The highest BCUT2D eigenvalue weighted by Gasteiger charge is 2.34. The summed E-state index contributed by atoms with van der Waals surface area (Å²) in [6, 6.07) is 13.5. The van der Waals surface area contributed by atoms with Gasteiger partial charge in [0.25, 0.3) is 0 Å². The number of benzene rings is 2. The number of nitrogens with one attached hydrogen (secondary N) is 7. The summed E-state index contributed by atoms with van der Waals surface area (Å²) < 4.78 is 10.8. The minimum Gasteiger partial charge on any atom is -0.444 e. The SMILES string of the molecule is CNC(=O)NC1CCN(C(=O)[C@@H](CCCCNC(=O)OC(C)(C)C)NC(=O)[C@@H](CC(C)C)NC(=O)[C@@H](Cc2ccccc2)NC(=O)[C@@H](Cc2ccccc2)NC(=O)OC(C)(C)C)CC1.